The molecule has 1 atom stereocenters. The number of amides is 1. The summed E-state index contributed by atoms with van der Waals surface area (Å²) in [5.74, 6) is -0.0256. The number of hydrogen-bond donors (Lipinski definition) is 2. The fraction of sp³-hybridized carbons (Fsp3) is 0.292. The predicted octanol–water partition coefficient (Wildman–Crippen LogP) is 4.76. The van der Waals surface area contributed by atoms with E-state index in [2.05, 4.69) is 53.3 Å². The van der Waals surface area contributed by atoms with Crippen molar-refractivity contribution < 1.29 is 9.53 Å². The highest BCUT2D eigenvalue weighted by Gasteiger charge is 2.15. The van der Waals surface area contributed by atoms with Gasteiger partial charge >= 0.3 is 0 Å². The van der Waals surface area contributed by atoms with Crippen LogP contribution in [0.3, 0.4) is 0 Å². The smallest absolute Gasteiger partial charge is 0.251 e. The minimum Gasteiger partial charge on any atom is -0.379 e. The zero-order valence-electron chi connectivity index (χ0n) is 17.0. The van der Waals surface area contributed by atoms with Crippen LogP contribution in [-0.2, 0) is 4.74 Å². The molecule has 2 N–H and O–H groups in total. The Kier molecular flexibility index (Phi) is 8.16. The molecule has 3 aromatic carbocycles. The van der Waals surface area contributed by atoms with E-state index < -0.39 is 0 Å². The van der Waals surface area contributed by atoms with E-state index in [9.17, 15) is 4.79 Å². The third kappa shape index (κ3) is 5.16. The van der Waals surface area contributed by atoms with Crippen LogP contribution in [0.1, 0.15) is 16.8 Å². The predicted molar refractivity (Wildman–Crippen MR) is 128 cm³/mol. The SMILES string of the molecule is CSc1cccc(-c2ccc(C(=O)NCCC3COCCN3)c3ccccc23)c1.Cl. The molecule has 30 heavy (non-hydrogen) atoms. The van der Waals surface area contributed by atoms with Crippen LogP contribution in [0.15, 0.2) is 65.6 Å². The zero-order valence-corrected chi connectivity index (χ0v) is 18.7. The number of benzene rings is 3. The van der Waals surface area contributed by atoms with Crippen molar-refractivity contribution in [2.45, 2.75) is 17.4 Å². The Morgan fingerprint density at radius 2 is 1.97 bits per heavy atom. The number of hydrogen-bond acceptors (Lipinski definition) is 4. The maximum atomic E-state index is 12.9. The van der Waals surface area contributed by atoms with Gasteiger partial charge in [0, 0.05) is 29.6 Å². The van der Waals surface area contributed by atoms with Crippen molar-refractivity contribution >= 4 is 40.8 Å². The number of halogens is 1. The molecule has 1 heterocycles. The monoisotopic (exact) mass is 442 g/mol. The molecule has 158 valence electrons. The average molecular weight is 443 g/mol. The summed E-state index contributed by atoms with van der Waals surface area (Å²) in [5.41, 5.74) is 3.04. The highest BCUT2D eigenvalue weighted by molar-refractivity contribution is 7.98. The Balaban J connectivity index is 0.00000256. The molecule has 3 aromatic rings. The van der Waals surface area contributed by atoms with E-state index in [1.165, 1.54) is 10.5 Å². The molecule has 1 aliphatic heterocycles. The Morgan fingerprint density at radius 3 is 2.73 bits per heavy atom. The molecule has 4 rings (SSSR count). The number of nitrogens with one attached hydrogen (secondary N) is 2. The lowest BCUT2D eigenvalue weighted by atomic mass is 9.94. The molecule has 0 saturated carbocycles. The highest BCUT2D eigenvalue weighted by atomic mass is 35.5. The first-order chi connectivity index (χ1) is 14.3. The zero-order chi connectivity index (χ0) is 20.1. The first kappa shape index (κ1) is 22.6. The summed E-state index contributed by atoms with van der Waals surface area (Å²) in [7, 11) is 0. The number of morpholine rings is 1. The van der Waals surface area contributed by atoms with Gasteiger partial charge in [0.05, 0.1) is 13.2 Å². The lowest BCUT2D eigenvalue weighted by Crippen LogP contribution is -2.43. The van der Waals surface area contributed by atoms with Crippen molar-refractivity contribution in [1.29, 1.82) is 0 Å². The van der Waals surface area contributed by atoms with Gasteiger partial charge in [-0.15, -0.1) is 24.2 Å². The van der Waals surface area contributed by atoms with E-state index in [-0.39, 0.29) is 18.3 Å². The molecular weight excluding hydrogens is 416 g/mol. The van der Waals surface area contributed by atoms with Crippen LogP contribution < -0.4 is 10.6 Å². The van der Waals surface area contributed by atoms with Crippen LogP contribution in [-0.4, -0.2) is 44.5 Å². The van der Waals surface area contributed by atoms with Gasteiger partial charge in [0.2, 0.25) is 0 Å². The van der Waals surface area contributed by atoms with E-state index in [1.54, 1.807) is 11.8 Å². The number of thioether (sulfide) groups is 1. The first-order valence-electron chi connectivity index (χ1n) is 10.0. The van der Waals surface area contributed by atoms with E-state index in [0.29, 0.717) is 19.2 Å². The summed E-state index contributed by atoms with van der Waals surface area (Å²) in [6, 6.07) is 21.0. The van der Waals surface area contributed by atoms with Gasteiger partial charge in [-0.1, -0.05) is 42.5 Å². The second-order valence-corrected chi connectivity index (χ2v) is 8.09. The lowest BCUT2D eigenvalue weighted by Gasteiger charge is -2.23. The molecule has 4 nitrogen and oxygen atoms in total. The minimum atomic E-state index is -0.0256. The second-order valence-electron chi connectivity index (χ2n) is 7.21. The first-order valence-corrected chi connectivity index (χ1v) is 11.2. The maximum Gasteiger partial charge on any atom is 0.251 e. The third-order valence-corrected chi connectivity index (χ3v) is 6.05. The molecule has 0 spiro atoms. The van der Waals surface area contributed by atoms with E-state index >= 15 is 0 Å². The standard InChI is InChI=1S/C24H26N2O2S.ClH/c1-29-19-6-4-5-17(15-19)20-9-10-23(22-8-3-2-7-21(20)22)24(27)26-12-11-18-16-28-14-13-25-18;/h2-10,15,18,25H,11-14,16H2,1H3,(H,26,27);1H. The summed E-state index contributed by atoms with van der Waals surface area (Å²) in [4.78, 5) is 14.1. The summed E-state index contributed by atoms with van der Waals surface area (Å²) < 4.78 is 5.48. The fourth-order valence-electron chi connectivity index (χ4n) is 3.80. The van der Waals surface area contributed by atoms with Gasteiger partial charge in [-0.05, 0) is 52.8 Å². The van der Waals surface area contributed by atoms with Crippen molar-refractivity contribution in [2.75, 3.05) is 32.6 Å². The summed E-state index contributed by atoms with van der Waals surface area (Å²) >= 11 is 1.73. The Hall–Kier alpha value is -2.05. The van der Waals surface area contributed by atoms with Gasteiger partial charge in [0.15, 0.2) is 0 Å². The number of rotatable bonds is 6. The van der Waals surface area contributed by atoms with E-state index in [1.807, 2.05) is 24.3 Å². The van der Waals surface area contributed by atoms with Gasteiger partial charge < -0.3 is 15.4 Å². The normalized spacial score (nSPS) is 16.1. The number of carbonyl (C=O) groups excluding carboxylic acids is 1. The number of fused-ring (bicyclic) bond motifs is 1. The number of carbonyl (C=O) groups is 1. The molecular formula is C24H27ClN2O2S. The van der Waals surface area contributed by atoms with Crippen LogP contribution in [0.5, 0.6) is 0 Å². The maximum absolute atomic E-state index is 12.9. The van der Waals surface area contributed by atoms with Crippen LogP contribution in [0.25, 0.3) is 21.9 Å². The van der Waals surface area contributed by atoms with Crippen molar-refractivity contribution in [2.24, 2.45) is 0 Å². The third-order valence-electron chi connectivity index (χ3n) is 5.33. The Bertz CT molecular complexity index is 1010. The van der Waals surface area contributed by atoms with Crippen LogP contribution >= 0.6 is 24.2 Å². The fourth-order valence-corrected chi connectivity index (χ4v) is 4.26. The Labute approximate surface area is 188 Å². The molecule has 0 aliphatic carbocycles. The van der Waals surface area contributed by atoms with Gasteiger partial charge in [0.1, 0.15) is 0 Å². The van der Waals surface area contributed by atoms with Gasteiger partial charge in [-0.2, -0.15) is 0 Å². The summed E-state index contributed by atoms with van der Waals surface area (Å²) in [6.07, 6.45) is 2.95. The van der Waals surface area contributed by atoms with Crippen LogP contribution in [0.4, 0.5) is 0 Å². The van der Waals surface area contributed by atoms with Crippen molar-refractivity contribution in [1.82, 2.24) is 10.6 Å². The van der Waals surface area contributed by atoms with Crippen molar-refractivity contribution in [3.63, 3.8) is 0 Å². The van der Waals surface area contributed by atoms with E-state index in [0.717, 1.165) is 41.5 Å². The molecule has 6 heteroatoms. The largest absolute Gasteiger partial charge is 0.379 e. The molecule has 0 bridgehead atoms. The molecule has 0 aromatic heterocycles. The van der Waals surface area contributed by atoms with Gasteiger partial charge in [-0.25, -0.2) is 0 Å². The average Bonchev–Trinajstić information content (AvgIpc) is 2.79. The summed E-state index contributed by atoms with van der Waals surface area (Å²) in [6.45, 7) is 2.98. The van der Waals surface area contributed by atoms with Crippen LogP contribution in [0.2, 0.25) is 0 Å². The van der Waals surface area contributed by atoms with Gasteiger partial charge in [-0.3, -0.25) is 4.79 Å². The highest BCUT2D eigenvalue weighted by Crippen LogP contribution is 2.32. The van der Waals surface area contributed by atoms with E-state index in [4.69, 9.17) is 4.74 Å². The second kappa shape index (κ2) is 10.8. The molecule has 1 saturated heterocycles. The van der Waals surface area contributed by atoms with Gasteiger partial charge in [0.25, 0.3) is 5.91 Å². The molecule has 1 aliphatic rings. The molecule has 1 unspecified atom stereocenters. The topological polar surface area (TPSA) is 50.4 Å². The molecule has 1 fully saturated rings. The van der Waals surface area contributed by atoms with Crippen molar-refractivity contribution in [3.05, 3.63) is 66.2 Å². The Morgan fingerprint density at radius 1 is 1.13 bits per heavy atom. The lowest BCUT2D eigenvalue weighted by molar-refractivity contribution is 0.0733. The number of ether oxygens (including phenoxy) is 1. The molecule has 0 radical (unpaired) electrons. The van der Waals surface area contributed by atoms with Crippen molar-refractivity contribution in [3.8, 4) is 11.1 Å². The quantitative estimate of drug-likeness (QED) is 0.540. The van der Waals surface area contributed by atoms with Crippen LogP contribution in [0, 0.1) is 0 Å². The molecule has 1 amide bonds. The minimum absolute atomic E-state index is 0. The summed E-state index contributed by atoms with van der Waals surface area (Å²) in [5, 5.41) is 8.58.